The molecule has 1 atom stereocenters. The first-order valence-electron chi connectivity index (χ1n) is 10.7. The molecule has 0 N–H and O–H groups in total. The lowest BCUT2D eigenvalue weighted by Crippen LogP contribution is -2.47. The minimum absolute atomic E-state index is 0.0529. The van der Waals surface area contributed by atoms with Crippen LogP contribution in [0.2, 0.25) is 0 Å². The maximum absolute atomic E-state index is 13.3. The number of rotatable bonds is 5. The third-order valence-corrected chi connectivity index (χ3v) is 6.53. The molecule has 0 saturated carbocycles. The summed E-state index contributed by atoms with van der Waals surface area (Å²) in [4.78, 5) is 22.2. The maximum Gasteiger partial charge on any atom is 0.230 e. The summed E-state index contributed by atoms with van der Waals surface area (Å²) < 4.78 is 0. The number of hydrogen-bond acceptors (Lipinski definition) is 3. The molecular weight excluding hydrogens is 346 g/mol. The Labute approximate surface area is 168 Å². The molecule has 0 bridgehead atoms. The Balaban J connectivity index is 1.30. The van der Waals surface area contributed by atoms with Crippen molar-refractivity contribution in [3.63, 3.8) is 0 Å². The first kappa shape index (κ1) is 19.1. The number of aromatic nitrogens is 1. The molecule has 2 aliphatic rings. The summed E-state index contributed by atoms with van der Waals surface area (Å²) in [6.07, 6.45) is 8.22. The Hall–Kier alpha value is -2.20. The molecule has 2 aromatic rings. The van der Waals surface area contributed by atoms with Crippen LogP contribution in [-0.4, -0.2) is 53.4 Å². The van der Waals surface area contributed by atoms with Crippen LogP contribution in [0.15, 0.2) is 48.7 Å². The smallest absolute Gasteiger partial charge is 0.230 e. The van der Waals surface area contributed by atoms with E-state index in [2.05, 4.69) is 51.2 Å². The fourth-order valence-corrected chi connectivity index (χ4v) is 4.79. The highest BCUT2D eigenvalue weighted by Crippen LogP contribution is 2.33. The average molecular weight is 378 g/mol. The Kier molecular flexibility index (Phi) is 6.06. The molecule has 1 amide bonds. The number of likely N-dealkylation sites (N-methyl/N-ethyl adjacent to an activating group) is 1. The van der Waals surface area contributed by atoms with Crippen molar-refractivity contribution in [3.05, 3.63) is 65.5 Å². The Morgan fingerprint density at radius 2 is 1.89 bits per heavy atom. The first-order chi connectivity index (χ1) is 13.7. The second kappa shape index (κ2) is 8.87. The molecule has 0 spiro atoms. The molecule has 1 saturated heterocycles. The number of carbonyl (C=O) groups excluding carboxylic acids is 1. The van der Waals surface area contributed by atoms with Gasteiger partial charge in [-0.25, -0.2) is 0 Å². The summed E-state index contributed by atoms with van der Waals surface area (Å²) >= 11 is 0. The molecule has 1 fully saturated rings. The van der Waals surface area contributed by atoms with E-state index >= 15 is 0 Å². The van der Waals surface area contributed by atoms with Crippen LogP contribution in [-0.2, 0) is 17.6 Å². The third kappa shape index (κ3) is 4.27. The van der Waals surface area contributed by atoms with Gasteiger partial charge in [-0.1, -0.05) is 30.3 Å². The van der Waals surface area contributed by atoms with Gasteiger partial charge < -0.3 is 9.80 Å². The standard InChI is InChI=1S/C24H31N3O/c1-26(24(28)23-11-6-8-19-7-2-3-10-22(19)23)21-13-17-27(18-14-21)16-12-20-9-4-5-15-25-20/h2-5,7,9-10,15,21,23H,6,8,11-14,16-18H2,1H3/t23-/m1/s1. The van der Waals surface area contributed by atoms with Gasteiger partial charge in [0.25, 0.3) is 0 Å². The molecule has 0 unspecified atom stereocenters. The van der Waals surface area contributed by atoms with E-state index in [1.165, 1.54) is 11.1 Å². The first-order valence-corrected chi connectivity index (χ1v) is 10.7. The van der Waals surface area contributed by atoms with Crippen LogP contribution >= 0.6 is 0 Å². The highest BCUT2D eigenvalue weighted by molar-refractivity contribution is 5.84. The van der Waals surface area contributed by atoms with E-state index in [9.17, 15) is 4.79 Å². The van der Waals surface area contributed by atoms with Crippen molar-refractivity contribution >= 4 is 5.91 Å². The average Bonchev–Trinajstić information content (AvgIpc) is 2.77. The summed E-state index contributed by atoms with van der Waals surface area (Å²) in [5.41, 5.74) is 3.79. The number of pyridine rings is 1. The van der Waals surface area contributed by atoms with E-state index in [1.807, 2.05) is 19.3 Å². The lowest BCUT2D eigenvalue weighted by molar-refractivity contribution is -0.134. The number of hydrogen-bond donors (Lipinski definition) is 0. The van der Waals surface area contributed by atoms with Gasteiger partial charge >= 0.3 is 0 Å². The van der Waals surface area contributed by atoms with Crippen LogP contribution in [0.3, 0.4) is 0 Å². The summed E-state index contributed by atoms with van der Waals surface area (Å²) in [5, 5.41) is 0. The number of benzene rings is 1. The number of amides is 1. The van der Waals surface area contributed by atoms with Crippen LogP contribution < -0.4 is 0 Å². The second-order valence-electron chi connectivity index (χ2n) is 8.24. The minimum atomic E-state index is 0.0529. The largest absolute Gasteiger partial charge is 0.342 e. The summed E-state index contributed by atoms with van der Waals surface area (Å²) in [5.74, 6) is 0.372. The van der Waals surface area contributed by atoms with Crippen molar-refractivity contribution in [2.45, 2.75) is 50.5 Å². The van der Waals surface area contributed by atoms with E-state index in [0.29, 0.717) is 11.9 Å². The second-order valence-corrected chi connectivity index (χ2v) is 8.24. The van der Waals surface area contributed by atoms with Crippen LogP contribution in [0.5, 0.6) is 0 Å². The van der Waals surface area contributed by atoms with Crippen LogP contribution in [0.25, 0.3) is 0 Å². The lowest BCUT2D eigenvalue weighted by atomic mass is 9.81. The predicted molar refractivity (Wildman–Crippen MR) is 112 cm³/mol. The SMILES string of the molecule is CN(C(=O)[C@@H]1CCCc2ccccc21)C1CCN(CCc2ccccn2)CC1. The molecule has 2 heterocycles. The van der Waals surface area contributed by atoms with E-state index in [-0.39, 0.29) is 5.92 Å². The van der Waals surface area contributed by atoms with Gasteiger partial charge in [-0.2, -0.15) is 0 Å². The van der Waals surface area contributed by atoms with Crippen LogP contribution in [0.1, 0.15) is 48.4 Å². The number of fused-ring (bicyclic) bond motifs is 1. The molecule has 1 aromatic carbocycles. The van der Waals surface area contributed by atoms with Gasteiger partial charge in [-0.3, -0.25) is 9.78 Å². The number of nitrogens with zero attached hydrogens (tertiary/aromatic N) is 3. The van der Waals surface area contributed by atoms with E-state index in [0.717, 1.165) is 63.9 Å². The quantitative estimate of drug-likeness (QED) is 0.798. The Morgan fingerprint density at radius 3 is 2.68 bits per heavy atom. The maximum atomic E-state index is 13.3. The van der Waals surface area contributed by atoms with E-state index in [4.69, 9.17) is 0 Å². The molecule has 1 aromatic heterocycles. The van der Waals surface area contributed by atoms with Gasteiger partial charge in [0.05, 0.1) is 5.92 Å². The zero-order valence-corrected chi connectivity index (χ0v) is 16.9. The summed E-state index contributed by atoms with van der Waals surface area (Å²) in [6, 6.07) is 15.0. The zero-order chi connectivity index (χ0) is 19.3. The zero-order valence-electron chi connectivity index (χ0n) is 16.9. The van der Waals surface area contributed by atoms with E-state index in [1.54, 1.807) is 0 Å². The number of aryl methyl sites for hydroxylation is 1. The minimum Gasteiger partial charge on any atom is -0.342 e. The fourth-order valence-electron chi connectivity index (χ4n) is 4.79. The number of carbonyl (C=O) groups is 1. The molecule has 28 heavy (non-hydrogen) atoms. The molecule has 0 radical (unpaired) electrons. The molecular formula is C24H31N3O. The van der Waals surface area contributed by atoms with Crippen molar-refractivity contribution in [1.82, 2.24) is 14.8 Å². The molecule has 1 aliphatic carbocycles. The van der Waals surface area contributed by atoms with Crippen LogP contribution in [0, 0.1) is 0 Å². The van der Waals surface area contributed by atoms with Gasteiger partial charge in [0.1, 0.15) is 0 Å². The number of likely N-dealkylation sites (tertiary alicyclic amines) is 1. The Bertz CT molecular complexity index is 783. The molecule has 148 valence electrons. The van der Waals surface area contributed by atoms with Gasteiger partial charge in [0.2, 0.25) is 5.91 Å². The van der Waals surface area contributed by atoms with Gasteiger partial charge in [0, 0.05) is 51.0 Å². The monoisotopic (exact) mass is 377 g/mol. The summed E-state index contributed by atoms with van der Waals surface area (Å²) in [7, 11) is 2.02. The topological polar surface area (TPSA) is 36.4 Å². The molecule has 4 heteroatoms. The molecule has 4 rings (SSSR count). The summed E-state index contributed by atoms with van der Waals surface area (Å²) in [6.45, 7) is 3.18. The van der Waals surface area contributed by atoms with E-state index < -0.39 is 0 Å². The van der Waals surface area contributed by atoms with Crippen molar-refractivity contribution in [1.29, 1.82) is 0 Å². The lowest BCUT2D eigenvalue weighted by Gasteiger charge is -2.38. The molecule has 4 nitrogen and oxygen atoms in total. The van der Waals surface area contributed by atoms with Crippen molar-refractivity contribution in [3.8, 4) is 0 Å². The number of piperidine rings is 1. The molecule has 1 aliphatic heterocycles. The highest BCUT2D eigenvalue weighted by Gasteiger charge is 2.32. The van der Waals surface area contributed by atoms with Gasteiger partial charge in [0.15, 0.2) is 0 Å². The predicted octanol–water partition coefficient (Wildman–Crippen LogP) is 3.67. The van der Waals surface area contributed by atoms with Crippen molar-refractivity contribution < 1.29 is 4.79 Å². The van der Waals surface area contributed by atoms with Crippen molar-refractivity contribution in [2.75, 3.05) is 26.7 Å². The fraction of sp³-hybridized carbons (Fsp3) is 0.500. The normalized spacial score (nSPS) is 20.5. The van der Waals surface area contributed by atoms with Gasteiger partial charge in [-0.05, 0) is 55.4 Å². The Morgan fingerprint density at radius 1 is 1.11 bits per heavy atom. The van der Waals surface area contributed by atoms with Crippen LogP contribution in [0.4, 0.5) is 0 Å². The highest BCUT2D eigenvalue weighted by atomic mass is 16.2. The third-order valence-electron chi connectivity index (χ3n) is 6.53. The van der Waals surface area contributed by atoms with Gasteiger partial charge in [-0.15, -0.1) is 0 Å². The van der Waals surface area contributed by atoms with Crippen molar-refractivity contribution in [2.24, 2.45) is 0 Å².